The number of ketones is 1. The van der Waals surface area contributed by atoms with Gasteiger partial charge in [0.15, 0.2) is 6.61 Å². The number of rotatable bonds is 4. The van der Waals surface area contributed by atoms with E-state index in [0.717, 1.165) is 22.2 Å². The summed E-state index contributed by atoms with van der Waals surface area (Å²) in [5, 5.41) is 0.817. The van der Waals surface area contributed by atoms with Gasteiger partial charge in [-0.25, -0.2) is 4.79 Å². The molecule has 0 aliphatic rings. The number of esters is 1. The van der Waals surface area contributed by atoms with Gasteiger partial charge in [0.2, 0.25) is 5.78 Å². The van der Waals surface area contributed by atoms with Crippen LogP contribution >= 0.6 is 22.9 Å². The van der Waals surface area contributed by atoms with E-state index in [0.29, 0.717) is 14.8 Å². The molecule has 3 rings (SSSR count). The van der Waals surface area contributed by atoms with Crippen LogP contribution in [0.15, 0.2) is 42.6 Å². The van der Waals surface area contributed by atoms with E-state index in [1.165, 1.54) is 0 Å². The molecule has 2 aromatic heterocycles. The number of aromatic amines is 1. The maximum absolute atomic E-state index is 12.1. The summed E-state index contributed by atoms with van der Waals surface area (Å²) in [7, 11) is 0. The number of carbonyl (C=O) groups is 2. The monoisotopic (exact) mass is 319 g/mol. The molecule has 0 saturated carbocycles. The summed E-state index contributed by atoms with van der Waals surface area (Å²) >= 11 is 6.87. The molecule has 6 heteroatoms. The molecule has 0 aliphatic heterocycles. The second kappa shape index (κ2) is 5.71. The van der Waals surface area contributed by atoms with Crippen LogP contribution in [0.3, 0.4) is 0 Å². The molecule has 4 nitrogen and oxygen atoms in total. The third kappa shape index (κ3) is 2.84. The summed E-state index contributed by atoms with van der Waals surface area (Å²) in [5.41, 5.74) is 1.39. The van der Waals surface area contributed by atoms with E-state index >= 15 is 0 Å². The Labute approximate surface area is 129 Å². The quantitative estimate of drug-likeness (QED) is 0.585. The third-order valence-corrected chi connectivity index (χ3v) is 4.21. The first-order valence-corrected chi connectivity index (χ1v) is 7.36. The van der Waals surface area contributed by atoms with Crippen molar-refractivity contribution in [3.63, 3.8) is 0 Å². The average Bonchev–Trinajstić information content (AvgIpc) is 3.10. The van der Waals surface area contributed by atoms with E-state index in [-0.39, 0.29) is 12.4 Å². The molecule has 0 amide bonds. The van der Waals surface area contributed by atoms with Crippen molar-refractivity contribution in [2.45, 2.75) is 0 Å². The minimum Gasteiger partial charge on any atom is -0.453 e. The molecule has 3 aromatic rings. The van der Waals surface area contributed by atoms with Crippen molar-refractivity contribution in [1.29, 1.82) is 0 Å². The number of hydrogen-bond donors (Lipinski definition) is 1. The number of H-pyrrole nitrogens is 1. The van der Waals surface area contributed by atoms with E-state index in [1.54, 1.807) is 18.3 Å². The van der Waals surface area contributed by atoms with Gasteiger partial charge in [0.25, 0.3) is 0 Å². The number of hydrogen-bond acceptors (Lipinski definition) is 4. The van der Waals surface area contributed by atoms with Crippen LogP contribution in [0.25, 0.3) is 10.9 Å². The van der Waals surface area contributed by atoms with Gasteiger partial charge in [-0.1, -0.05) is 29.8 Å². The van der Waals surface area contributed by atoms with Crippen molar-refractivity contribution in [3.05, 3.63) is 57.4 Å². The van der Waals surface area contributed by atoms with Gasteiger partial charge >= 0.3 is 5.97 Å². The number of Topliss-reactive ketones (excluding diaryl/α,β-unsaturated/α-hetero) is 1. The highest BCUT2D eigenvalue weighted by Crippen LogP contribution is 2.22. The van der Waals surface area contributed by atoms with Crippen LogP contribution in [0.5, 0.6) is 0 Å². The summed E-state index contributed by atoms with van der Waals surface area (Å²) in [4.78, 5) is 27.3. The van der Waals surface area contributed by atoms with Crippen LogP contribution in [0.2, 0.25) is 4.34 Å². The van der Waals surface area contributed by atoms with Crippen LogP contribution in [-0.2, 0) is 4.74 Å². The molecule has 106 valence electrons. The largest absolute Gasteiger partial charge is 0.453 e. The first-order chi connectivity index (χ1) is 10.1. The molecule has 0 spiro atoms. The number of carbonyl (C=O) groups excluding carboxylic acids is 2. The number of ether oxygens (including phenoxy) is 1. The van der Waals surface area contributed by atoms with Crippen molar-refractivity contribution in [3.8, 4) is 0 Å². The molecule has 0 atom stereocenters. The smallest absolute Gasteiger partial charge is 0.348 e. The zero-order chi connectivity index (χ0) is 14.8. The summed E-state index contributed by atoms with van der Waals surface area (Å²) in [6, 6.07) is 10.7. The highest BCUT2D eigenvalue weighted by molar-refractivity contribution is 7.17. The molecule has 0 radical (unpaired) electrons. The van der Waals surface area contributed by atoms with Gasteiger partial charge in [0.1, 0.15) is 4.88 Å². The third-order valence-electron chi connectivity index (χ3n) is 3.00. The Balaban J connectivity index is 1.71. The maximum atomic E-state index is 12.1. The van der Waals surface area contributed by atoms with Crippen molar-refractivity contribution in [2.24, 2.45) is 0 Å². The van der Waals surface area contributed by atoms with Crippen molar-refractivity contribution in [1.82, 2.24) is 4.98 Å². The molecule has 21 heavy (non-hydrogen) atoms. The highest BCUT2D eigenvalue weighted by Gasteiger charge is 2.16. The van der Waals surface area contributed by atoms with Crippen molar-refractivity contribution >= 4 is 45.6 Å². The number of para-hydroxylation sites is 1. The van der Waals surface area contributed by atoms with Crippen LogP contribution in [0.1, 0.15) is 20.0 Å². The number of nitrogens with one attached hydrogen (secondary N) is 1. The molecule has 0 fully saturated rings. The Morgan fingerprint density at radius 1 is 1.19 bits per heavy atom. The standard InChI is InChI=1S/C15H10ClNO3S/c16-14-6-5-13(21-14)15(19)20-8-12(18)10-7-17-11-4-2-1-3-9(10)11/h1-7,17H,8H2. The lowest BCUT2D eigenvalue weighted by Crippen LogP contribution is -2.13. The van der Waals surface area contributed by atoms with Gasteiger partial charge in [-0.15, -0.1) is 11.3 Å². The van der Waals surface area contributed by atoms with E-state index in [1.807, 2.05) is 24.3 Å². The van der Waals surface area contributed by atoms with Gasteiger partial charge in [-0.3, -0.25) is 4.79 Å². The highest BCUT2D eigenvalue weighted by atomic mass is 35.5. The van der Waals surface area contributed by atoms with Gasteiger partial charge < -0.3 is 9.72 Å². The first kappa shape index (κ1) is 13.9. The molecule has 1 N–H and O–H groups in total. The molecule has 0 bridgehead atoms. The molecular formula is C15H10ClNO3S. The zero-order valence-corrected chi connectivity index (χ0v) is 12.3. The van der Waals surface area contributed by atoms with E-state index in [4.69, 9.17) is 16.3 Å². The molecule has 0 aliphatic carbocycles. The Morgan fingerprint density at radius 2 is 2.00 bits per heavy atom. The lowest BCUT2D eigenvalue weighted by Gasteiger charge is -2.02. The minimum absolute atomic E-state index is 0.247. The summed E-state index contributed by atoms with van der Waals surface area (Å²) in [5.74, 6) is -0.788. The lowest BCUT2D eigenvalue weighted by molar-refractivity contribution is 0.0480. The van der Waals surface area contributed by atoms with Crippen LogP contribution in [0.4, 0.5) is 0 Å². The second-order valence-electron chi connectivity index (χ2n) is 4.35. The van der Waals surface area contributed by atoms with E-state index in [2.05, 4.69) is 4.98 Å². The van der Waals surface area contributed by atoms with Crippen LogP contribution in [-0.4, -0.2) is 23.3 Å². The van der Waals surface area contributed by atoms with Gasteiger partial charge in [-0.2, -0.15) is 0 Å². The molecule has 2 heterocycles. The van der Waals surface area contributed by atoms with Crippen molar-refractivity contribution in [2.75, 3.05) is 6.61 Å². The Kier molecular flexibility index (Phi) is 3.77. The molecule has 0 saturated heterocycles. The number of fused-ring (bicyclic) bond motifs is 1. The predicted molar refractivity (Wildman–Crippen MR) is 82.2 cm³/mol. The average molecular weight is 320 g/mol. The fraction of sp³-hybridized carbons (Fsp3) is 0.0667. The molecular weight excluding hydrogens is 310 g/mol. The van der Waals surface area contributed by atoms with Gasteiger partial charge in [0, 0.05) is 22.7 Å². The summed E-state index contributed by atoms with van der Waals surface area (Å²) < 4.78 is 5.53. The first-order valence-electron chi connectivity index (χ1n) is 6.17. The number of halogens is 1. The number of benzene rings is 1. The van der Waals surface area contributed by atoms with E-state index < -0.39 is 5.97 Å². The number of aromatic nitrogens is 1. The Hall–Kier alpha value is -2.11. The van der Waals surface area contributed by atoms with Crippen molar-refractivity contribution < 1.29 is 14.3 Å². The zero-order valence-electron chi connectivity index (χ0n) is 10.8. The van der Waals surface area contributed by atoms with Crippen LogP contribution < -0.4 is 0 Å². The molecule has 0 unspecified atom stereocenters. The van der Waals surface area contributed by atoms with Gasteiger partial charge in [0.05, 0.1) is 4.34 Å². The fourth-order valence-electron chi connectivity index (χ4n) is 2.01. The predicted octanol–water partition coefficient (Wildman–Crippen LogP) is 3.92. The second-order valence-corrected chi connectivity index (χ2v) is 6.07. The number of thiophene rings is 1. The molecule has 1 aromatic carbocycles. The van der Waals surface area contributed by atoms with Crippen LogP contribution in [0, 0.1) is 0 Å². The lowest BCUT2D eigenvalue weighted by atomic mass is 10.1. The maximum Gasteiger partial charge on any atom is 0.348 e. The minimum atomic E-state index is -0.542. The topological polar surface area (TPSA) is 59.2 Å². The van der Waals surface area contributed by atoms with Gasteiger partial charge in [-0.05, 0) is 18.2 Å². The summed E-state index contributed by atoms with van der Waals surface area (Å²) in [6.07, 6.45) is 1.63. The Bertz CT molecular complexity index is 821. The van der Waals surface area contributed by atoms with E-state index in [9.17, 15) is 9.59 Å². The fourth-order valence-corrected chi connectivity index (χ4v) is 2.94. The Morgan fingerprint density at radius 3 is 2.76 bits per heavy atom. The summed E-state index contributed by atoms with van der Waals surface area (Å²) in [6.45, 7) is -0.295. The SMILES string of the molecule is O=C(OCC(=O)c1c[nH]c2ccccc12)c1ccc(Cl)s1. The normalized spacial score (nSPS) is 10.7.